The Hall–Kier alpha value is -3.39. The minimum Gasteiger partial charge on any atom is -0.459 e. The van der Waals surface area contributed by atoms with Crippen LogP contribution in [0, 0.1) is 0 Å². The van der Waals surface area contributed by atoms with Crippen LogP contribution in [0.15, 0.2) is 65.3 Å². The average molecular weight is 408 g/mol. The number of fused-ring (bicyclic) bond motifs is 1. The number of carbonyl (C=O) groups is 2. The van der Waals surface area contributed by atoms with E-state index in [4.69, 9.17) is 13.9 Å². The third kappa shape index (κ3) is 3.31. The molecule has 1 aromatic heterocycles. The Labute approximate surface area is 170 Å². The lowest BCUT2D eigenvalue weighted by Gasteiger charge is -2.25. The monoisotopic (exact) mass is 408 g/mol. The van der Waals surface area contributed by atoms with E-state index in [1.807, 2.05) is 36.4 Å². The predicted molar refractivity (Wildman–Crippen MR) is 108 cm³/mol. The first kappa shape index (κ1) is 17.7. The van der Waals surface area contributed by atoms with Crippen molar-refractivity contribution in [3.8, 4) is 11.5 Å². The van der Waals surface area contributed by atoms with E-state index < -0.39 is 0 Å². The van der Waals surface area contributed by atoms with Gasteiger partial charge in [-0.2, -0.15) is 0 Å². The minimum atomic E-state index is -0.324. The Morgan fingerprint density at radius 1 is 1.07 bits per heavy atom. The van der Waals surface area contributed by atoms with Crippen molar-refractivity contribution in [2.45, 2.75) is 5.37 Å². The molecule has 1 fully saturated rings. The van der Waals surface area contributed by atoms with Gasteiger partial charge in [0, 0.05) is 17.4 Å². The van der Waals surface area contributed by atoms with Gasteiger partial charge in [-0.25, -0.2) is 0 Å². The van der Waals surface area contributed by atoms with Crippen molar-refractivity contribution in [2.75, 3.05) is 22.8 Å². The van der Waals surface area contributed by atoms with Gasteiger partial charge >= 0.3 is 0 Å². The van der Waals surface area contributed by atoms with Crippen LogP contribution in [-0.2, 0) is 4.79 Å². The third-order valence-corrected chi connectivity index (χ3v) is 5.89. The number of benzene rings is 2. The number of amides is 2. The Morgan fingerprint density at radius 3 is 2.83 bits per heavy atom. The highest BCUT2D eigenvalue weighted by Crippen LogP contribution is 2.45. The van der Waals surface area contributed by atoms with Crippen molar-refractivity contribution in [1.29, 1.82) is 0 Å². The molecule has 1 N–H and O–H groups in total. The highest BCUT2D eigenvalue weighted by atomic mass is 32.2. The maximum absolute atomic E-state index is 12.6. The molecule has 29 heavy (non-hydrogen) atoms. The normalized spacial score (nSPS) is 17.6. The SMILES string of the molecule is O=C(Nc1cccc(C2SCC(=O)N2c2ccc3c(c2)OCO3)c1)c1ccco1. The molecule has 2 aliphatic rings. The van der Waals surface area contributed by atoms with Crippen molar-refractivity contribution in [2.24, 2.45) is 0 Å². The molecule has 0 saturated carbocycles. The molecule has 0 radical (unpaired) electrons. The van der Waals surface area contributed by atoms with Crippen molar-refractivity contribution in [3.05, 3.63) is 72.2 Å². The van der Waals surface area contributed by atoms with E-state index in [0.29, 0.717) is 22.9 Å². The van der Waals surface area contributed by atoms with E-state index >= 15 is 0 Å². The topological polar surface area (TPSA) is 81.0 Å². The molecule has 2 amide bonds. The summed E-state index contributed by atoms with van der Waals surface area (Å²) in [6.07, 6.45) is 1.45. The molecule has 5 rings (SSSR count). The number of thioether (sulfide) groups is 1. The van der Waals surface area contributed by atoms with Crippen LogP contribution in [0.5, 0.6) is 11.5 Å². The zero-order chi connectivity index (χ0) is 19.8. The van der Waals surface area contributed by atoms with E-state index in [1.54, 1.807) is 23.1 Å². The molecular formula is C21H16N2O5S. The molecular weight excluding hydrogens is 392 g/mol. The molecule has 3 heterocycles. The van der Waals surface area contributed by atoms with Crippen LogP contribution in [0.1, 0.15) is 21.5 Å². The smallest absolute Gasteiger partial charge is 0.291 e. The van der Waals surface area contributed by atoms with Gasteiger partial charge < -0.3 is 19.2 Å². The first-order valence-corrected chi connectivity index (χ1v) is 10.0. The highest BCUT2D eigenvalue weighted by Gasteiger charge is 2.35. The second-order valence-electron chi connectivity index (χ2n) is 6.52. The second-order valence-corrected chi connectivity index (χ2v) is 7.59. The summed E-state index contributed by atoms with van der Waals surface area (Å²) in [5, 5.41) is 2.62. The molecule has 3 aromatic rings. The fourth-order valence-electron chi connectivity index (χ4n) is 3.36. The van der Waals surface area contributed by atoms with Crippen molar-refractivity contribution < 1.29 is 23.5 Å². The number of rotatable bonds is 4. The molecule has 1 unspecified atom stereocenters. The fourth-order valence-corrected chi connectivity index (χ4v) is 4.52. The molecule has 0 spiro atoms. The second kappa shape index (κ2) is 7.21. The summed E-state index contributed by atoms with van der Waals surface area (Å²) >= 11 is 1.54. The molecule has 0 aliphatic carbocycles. The van der Waals surface area contributed by atoms with E-state index in [-0.39, 0.29) is 29.7 Å². The van der Waals surface area contributed by atoms with E-state index in [1.165, 1.54) is 18.0 Å². The maximum atomic E-state index is 12.6. The van der Waals surface area contributed by atoms with Crippen molar-refractivity contribution in [3.63, 3.8) is 0 Å². The summed E-state index contributed by atoms with van der Waals surface area (Å²) in [7, 11) is 0. The van der Waals surface area contributed by atoms with Gasteiger partial charge in [-0.3, -0.25) is 14.5 Å². The molecule has 7 nitrogen and oxygen atoms in total. The van der Waals surface area contributed by atoms with Crippen LogP contribution in [0.4, 0.5) is 11.4 Å². The summed E-state index contributed by atoms with van der Waals surface area (Å²) in [6, 6.07) is 16.2. The lowest BCUT2D eigenvalue weighted by atomic mass is 10.1. The highest BCUT2D eigenvalue weighted by molar-refractivity contribution is 8.00. The maximum Gasteiger partial charge on any atom is 0.291 e. The Bertz CT molecular complexity index is 1080. The van der Waals surface area contributed by atoms with E-state index in [2.05, 4.69) is 5.32 Å². The number of carbonyl (C=O) groups excluding carboxylic acids is 2. The Kier molecular flexibility index (Phi) is 4.40. The zero-order valence-corrected chi connectivity index (χ0v) is 16.0. The van der Waals surface area contributed by atoms with Crippen molar-refractivity contribution >= 4 is 35.0 Å². The van der Waals surface area contributed by atoms with Gasteiger partial charge in [-0.1, -0.05) is 12.1 Å². The molecule has 1 saturated heterocycles. The molecule has 2 aliphatic heterocycles. The third-order valence-electron chi connectivity index (χ3n) is 4.68. The van der Waals surface area contributed by atoms with Crippen LogP contribution in [0.3, 0.4) is 0 Å². The summed E-state index contributed by atoms with van der Waals surface area (Å²) in [5.74, 6) is 1.61. The molecule has 0 bridgehead atoms. The average Bonchev–Trinajstić information content (AvgIpc) is 3.48. The summed E-state index contributed by atoms with van der Waals surface area (Å²) in [5.41, 5.74) is 2.30. The van der Waals surface area contributed by atoms with Crippen LogP contribution < -0.4 is 19.7 Å². The summed E-state index contributed by atoms with van der Waals surface area (Å²) < 4.78 is 15.9. The molecule has 146 valence electrons. The molecule has 2 aromatic carbocycles. The van der Waals surface area contributed by atoms with Gasteiger partial charge in [0.25, 0.3) is 5.91 Å². The van der Waals surface area contributed by atoms with Gasteiger partial charge in [-0.15, -0.1) is 11.8 Å². The van der Waals surface area contributed by atoms with Crippen LogP contribution >= 0.6 is 11.8 Å². The van der Waals surface area contributed by atoms with Crippen LogP contribution in [0.25, 0.3) is 0 Å². The first-order chi connectivity index (χ1) is 14.2. The Morgan fingerprint density at radius 2 is 1.97 bits per heavy atom. The van der Waals surface area contributed by atoms with Crippen LogP contribution in [-0.4, -0.2) is 24.4 Å². The fraction of sp³-hybridized carbons (Fsp3) is 0.143. The van der Waals surface area contributed by atoms with Gasteiger partial charge in [0.1, 0.15) is 5.37 Å². The Balaban J connectivity index is 1.42. The quantitative estimate of drug-likeness (QED) is 0.702. The van der Waals surface area contributed by atoms with Crippen molar-refractivity contribution in [1.82, 2.24) is 0 Å². The number of hydrogen-bond acceptors (Lipinski definition) is 6. The molecule has 1 atom stereocenters. The number of furan rings is 1. The largest absolute Gasteiger partial charge is 0.459 e. The summed E-state index contributed by atoms with van der Waals surface area (Å²) in [4.78, 5) is 26.6. The van der Waals surface area contributed by atoms with E-state index in [0.717, 1.165) is 11.3 Å². The standard InChI is InChI=1S/C21H16N2O5S/c24-19-11-29-21(23(19)15-6-7-16-18(10-15)28-12-27-16)13-3-1-4-14(9-13)22-20(25)17-5-2-8-26-17/h1-10,21H,11-12H2,(H,22,25). The lowest BCUT2D eigenvalue weighted by Crippen LogP contribution is -2.27. The summed E-state index contributed by atoms with van der Waals surface area (Å²) in [6.45, 7) is 0.183. The van der Waals surface area contributed by atoms with Gasteiger partial charge in [0.2, 0.25) is 12.7 Å². The predicted octanol–water partition coefficient (Wildman–Crippen LogP) is 4.04. The number of hydrogen-bond donors (Lipinski definition) is 1. The van der Waals surface area contributed by atoms with Gasteiger partial charge in [-0.05, 0) is 42.0 Å². The van der Waals surface area contributed by atoms with Crippen LogP contribution in [0.2, 0.25) is 0 Å². The first-order valence-electron chi connectivity index (χ1n) is 8.97. The molecule has 8 heteroatoms. The minimum absolute atomic E-state index is 0.0175. The number of anilines is 2. The number of nitrogens with zero attached hydrogens (tertiary/aromatic N) is 1. The van der Waals surface area contributed by atoms with Gasteiger partial charge in [0.15, 0.2) is 17.3 Å². The number of ether oxygens (including phenoxy) is 2. The van der Waals surface area contributed by atoms with Gasteiger partial charge in [0.05, 0.1) is 12.0 Å². The zero-order valence-electron chi connectivity index (χ0n) is 15.2. The lowest BCUT2D eigenvalue weighted by molar-refractivity contribution is -0.115. The van der Waals surface area contributed by atoms with E-state index in [9.17, 15) is 9.59 Å². The number of nitrogens with one attached hydrogen (secondary N) is 1.